The van der Waals surface area contributed by atoms with Gasteiger partial charge in [-0.15, -0.1) is 16.4 Å². The zero-order valence-electron chi connectivity index (χ0n) is 18.2. The molecular weight excluding hydrogens is 414 g/mol. The fourth-order valence-corrected chi connectivity index (χ4v) is 4.92. The van der Waals surface area contributed by atoms with Crippen LogP contribution in [-0.2, 0) is 4.74 Å². The molecule has 0 bridgehead atoms. The number of likely N-dealkylation sites (tertiary alicyclic amines) is 1. The first-order valence-corrected chi connectivity index (χ1v) is 11.5. The third-order valence-electron chi connectivity index (χ3n) is 5.50. The predicted octanol–water partition coefficient (Wildman–Crippen LogP) is 3.27. The molecule has 2 aromatic rings. The maximum absolute atomic E-state index is 12.6. The highest BCUT2D eigenvalue weighted by molar-refractivity contribution is 7.14. The van der Waals surface area contributed by atoms with Gasteiger partial charge in [0.05, 0.1) is 10.9 Å². The maximum Gasteiger partial charge on any atom is 0.410 e. The third kappa shape index (κ3) is 5.33. The van der Waals surface area contributed by atoms with E-state index in [1.54, 1.807) is 22.4 Å². The lowest BCUT2D eigenvalue weighted by molar-refractivity contribution is 0.0205. The highest BCUT2D eigenvalue weighted by Crippen LogP contribution is 2.33. The van der Waals surface area contributed by atoms with E-state index in [0.29, 0.717) is 19.0 Å². The van der Waals surface area contributed by atoms with Gasteiger partial charge in [-0.25, -0.2) is 4.79 Å². The average Bonchev–Trinajstić information content (AvgIpc) is 3.20. The van der Waals surface area contributed by atoms with E-state index in [0.717, 1.165) is 36.6 Å². The van der Waals surface area contributed by atoms with Crippen molar-refractivity contribution in [3.63, 3.8) is 0 Å². The van der Waals surface area contributed by atoms with Crippen molar-refractivity contribution >= 4 is 29.2 Å². The average molecular weight is 444 g/mol. The Balaban J connectivity index is 1.24. The molecular formula is C22H29N5O3S. The molecule has 31 heavy (non-hydrogen) atoms. The lowest BCUT2D eigenvalue weighted by atomic mass is 9.95. The molecule has 0 saturated carbocycles. The Morgan fingerprint density at radius 1 is 1.16 bits per heavy atom. The number of piperidine rings is 1. The van der Waals surface area contributed by atoms with Crippen LogP contribution in [0.25, 0.3) is 0 Å². The molecule has 9 heteroatoms. The molecule has 2 aromatic heterocycles. The number of nitrogens with zero attached hydrogens (tertiary/aromatic N) is 4. The van der Waals surface area contributed by atoms with Crippen molar-refractivity contribution in [3.05, 3.63) is 40.2 Å². The van der Waals surface area contributed by atoms with Crippen molar-refractivity contribution in [1.82, 2.24) is 20.4 Å². The molecule has 0 spiro atoms. The Morgan fingerprint density at radius 2 is 1.90 bits per heavy atom. The SMILES string of the molecule is CC(C)(C)OC(=O)N1CCC(c2ccc(C(=O)NC3CN(c4cccnn4)C3)s2)CC1. The fourth-order valence-electron chi connectivity index (χ4n) is 3.84. The van der Waals surface area contributed by atoms with Crippen molar-refractivity contribution in [2.75, 3.05) is 31.1 Å². The summed E-state index contributed by atoms with van der Waals surface area (Å²) >= 11 is 1.56. The number of thiophene rings is 1. The van der Waals surface area contributed by atoms with E-state index < -0.39 is 5.60 Å². The molecule has 2 amide bonds. The quantitative estimate of drug-likeness (QED) is 0.780. The first-order chi connectivity index (χ1) is 14.8. The topological polar surface area (TPSA) is 87.7 Å². The molecule has 0 atom stereocenters. The van der Waals surface area contributed by atoms with Crippen LogP contribution in [0.3, 0.4) is 0 Å². The normalized spacial score (nSPS) is 17.9. The van der Waals surface area contributed by atoms with Gasteiger partial charge < -0.3 is 19.9 Å². The van der Waals surface area contributed by atoms with E-state index in [4.69, 9.17) is 4.74 Å². The summed E-state index contributed by atoms with van der Waals surface area (Å²) in [5.41, 5.74) is -0.476. The predicted molar refractivity (Wildman–Crippen MR) is 120 cm³/mol. The van der Waals surface area contributed by atoms with Gasteiger partial charge in [-0.05, 0) is 63.8 Å². The van der Waals surface area contributed by atoms with Crippen LogP contribution >= 0.6 is 11.3 Å². The minimum Gasteiger partial charge on any atom is -0.444 e. The van der Waals surface area contributed by atoms with Crippen LogP contribution in [0.1, 0.15) is 54.1 Å². The highest BCUT2D eigenvalue weighted by atomic mass is 32.1. The minimum atomic E-state index is -0.476. The van der Waals surface area contributed by atoms with E-state index in [2.05, 4.69) is 26.5 Å². The third-order valence-corrected chi connectivity index (χ3v) is 6.75. The number of aromatic nitrogens is 2. The van der Waals surface area contributed by atoms with Crippen LogP contribution < -0.4 is 10.2 Å². The molecule has 2 saturated heterocycles. The molecule has 166 valence electrons. The number of rotatable bonds is 4. The van der Waals surface area contributed by atoms with Crippen molar-refractivity contribution in [2.45, 2.75) is 51.2 Å². The monoisotopic (exact) mass is 443 g/mol. The lowest BCUT2D eigenvalue weighted by Gasteiger charge is -2.39. The number of carbonyl (C=O) groups excluding carboxylic acids is 2. The molecule has 0 unspecified atom stereocenters. The van der Waals surface area contributed by atoms with Crippen LogP contribution in [0.4, 0.5) is 10.6 Å². The summed E-state index contributed by atoms with van der Waals surface area (Å²) in [6.45, 7) is 8.49. The van der Waals surface area contributed by atoms with E-state index in [1.807, 2.05) is 39.0 Å². The van der Waals surface area contributed by atoms with Gasteiger partial charge in [0.2, 0.25) is 0 Å². The summed E-state index contributed by atoms with van der Waals surface area (Å²) in [5.74, 6) is 1.19. The molecule has 2 aliphatic rings. The largest absolute Gasteiger partial charge is 0.444 e. The Hall–Kier alpha value is -2.68. The van der Waals surface area contributed by atoms with Crippen LogP contribution in [0.5, 0.6) is 0 Å². The number of ether oxygens (including phenoxy) is 1. The van der Waals surface area contributed by atoms with Crippen LogP contribution in [0, 0.1) is 0 Å². The molecule has 2 aliphatic heterocycles. The minimum absolute atomic E-state index is 0.0220. The summed E-state index contributed by atoms with van der Waals surface area (Å²) in [5, 5.41) is 11.1. The van der Waals surface area contributed by atoms with E-state index in [1.165, 1.54) is 4.88 Å². The summed E-state index contributed by atoms with van der Waals surface area (Å²) in [6, 6.07) is 7.87. The molecule has 0 aliphatic carbocycles. The van der Waals surface area contributed by atoms with Crippen molar-refractivity contribution in [2.24, 2.45) is 0 Å². The van der Waals surface area contributed by atoms with Gasteiger partial charge in [-0.3, -0.25) is 4.79 Å². The fraction of sp³-hybridized carbons (Fsp3) is 0.545. The van der Waals surface area contributed by atoms with Gasteiger partial charge in [0.1, 0.15) is 5.60 Å². The zero-order valence-corrected chi connectivity index (χ0v) is 19.0. The number of anilines is 1. The summed E-state index contributed by atoms with van der Waals surface area (Å²) in [4.78, 5) is 30.7. The second-order valence-electron chi connectivity index (χ2n) is 9.10. The molecule has 2 fully saturated rings. The maximum atomic E-state index is 12.6. The van der Waals surface area contributed by atoms with Crippen LogP contribution in [-0.4, -0.2) is 64.9 Å². The van der Waals surface area contributed by atoms with Crippen LogP contribution in [0.2, 0.25) is 0 Å². The van der Waals surface area contributed by atoms with Gasteiger partial charge in [-0.2, -0.15) is 5.10 Å². The van der Waals surface area contributed by atoms with Crippen molar-refractivity contribution in [1.29, 1.82) is 0 Å². The van der Waals surface area contributed by atoms with E-state index in [9.17, 15) is 9.59 Å². The number of carbonyl (C=O) groups is 2. The first-order valence-electron chi connectivity index (χ1n) is 10.7. The zero-order chi connectivity index (χ0) is 22.0. The van der Waals surface area contributed by atoms with Crippen molar-refractivity contribution in [3.8, 4) is 0 Å². The number of amides is 2. The Morgan fingerprint density at radius 3 is 2.55 bits per heavy atom. The molecule has 4 heterocycles. The summed E-state index contributed by atoms with van der Waals surface area (Å²) < 4.78 is 5.47. The Bertz CT molecular complexity index is 913. The number of hydrogen-bond acceptors (Lipinski definition) is 7. The Labute approximate surface area is 186 Å². The Kier molecular flexibility index (Phi) is 6.13. The van der Waals surface area contributed by atoms with Gasteiger partial charge in [-0.1, -0.05) is 0 Å². The number of hydrogen-bond donors (Lipinski definition) is 1. The van der Waals surface area contributed by atoms with Crippen LogP contribution in [0.15, 0.2) is 30.5 Å². The summed E-state index contributed by atoms with van der Waals surface area (Å²) in [6.07, 6.45) is 3.18. The van der Waals surface area contributed by atoms with Gasteiger partial charge in [0.15, 0.2) is 5.82 Å². The molecule has 0 aromatic carbocycles. The molecule has 8 nitrogen and oxygen atoms in total. The molecule has 1 N–H and O–H groups in total. The first kappa shape index (κ1) is 21.5. The molecule has 0 radical (unpaired) electrons. The van der Waals surface area contributed by atoms with Gasteiger partial charge >= 0.3 is 6.09 Å². The summed E-state index contributed by atoms with van der Waals surface area (Å²) in [7, 11) is 0. The molecule has 4 rings (SSSR count). The lowest BCUT2D eigenvalue weighted by Crippen LogP contribution is -2.59. The second-order valence-corrected chi connectivity index (χ2v) is 10.2. The van der Waals surface area contributed by atoms with Crippen molar-refractivity contribution < 1.29 is 14.3 Å². The van der Waals surface area contributed by atoms with Gasteiger partial charge in [0.25, 0.3) is 5.91 Å². The van der Waals surface area contributed by atoms with Gasteiger partial charge in [0, 0.05) is 37.3 Å². The van der Waals surface area contributed by atoms with E-state index in [-0.39, 0.29) is 18.0 Å². The second kappa shape index (κ2) is 8.82. The highest BCUT2D eigenvalue weighted by Gasteiger charge is 2.31. The van der Waals surface area contributed by atoms with E-state index >= 15 is 0 Å². The number of nitrogens with one attached hydrogen (secondary N) is 1. The standard InChI is InChI=1S/C22H29N5O3S/c1-22(2,3)30-21(29)26-11-8-15(9-12-26)17-6-7-18(31-17)20(28)24-16-13-27(14-16)19-5-4-10-23-25-19/h4-7,10,15-16H,8-9,11-14H2,1-3H3,(H,24,28). The smallest absolute Gasteiger partial charge is 0.410 e.